The highest BCUT2D eigenvalue weighted by molar-refractivity contribution is 6.02. The first-order valence-corrected chi connectivity index (χ1v) is 9.52. The van der Waals surface area contributed by atoms with Crippen molar-refractivity contribution in [3.63, 3.8) is 0 Å². The zero-order valence-corrected chi connectivity index (χ0v) is 16.8. The third-order valence-electron chi connectivity index (χ3n) is 4.76. The summed E-state index contributed by atoms with van der Waals surface area (Å²) < 4.78 is 25.2. The molecule has 3 heterocycles. The monoisotopic (exact) mass is 422 g/mol. The Kier molecular flexibility index (Phi) is 5.48. The van der Waals surface area contributed by atoms with Crippen LogP contribution in [0.15, 0.2) is 60.9 Å². The van der Waals surface area contributed by atoms with E-state index in [-0.39, 0.29) is 23.1 Å². The molecule has 1 aliphatic rings. The van der Waals surface area contributed by atoms with Crippen LogP contribution < -0.4 is 19.7 Å². The maximum absolute atomic E-state index is 13.8. The summed E-state index contributed by atoms with van der Waals surface area (Å²) in [5.41, 5.74) is 0.0105. The largest absolute Gasteiger partial charge is 0.484 e. The minimum Gasteiger partial charge on any atom is -0.484 e. The lowest BCUT2D eigenvalue weighted by molar-refractivity contribution is -0.121. The van der Waals surface area contributed by atoms with Crippen LogP contribution in [0.5, 0.6) is 17.2 Å². The highest BCUT2D eigenvalue weighted by Gasteiger charge is 2.36. The maximum Gasteiger partial charge on any atom is 0.270 e. The molecule has 2 amide bonds. The Balaban J connectivity index is 1.53. The molecule has 9 heteroatoms. The molecule has 0 radical (unpaired) electrons. The summed E-state index contributed by atoms with van der Waals surface area (Å²) in [5.74, 6) is -0.437. The van der Waals surface area contributed by atoms with E-state index in [0.29, 0.717) is 11.6 Å². The first kappa shape index (κ1) is 20.3. The molecule has 0 unspecified atom stereocenters. The number of aromatic nitrogens is 2. The lowest BCUT2D eigenvalue weighted by atomic mass is 10.1. The van der Waals surface area contributed by atoms with E-state index < -0.39 is 23.9 Å². The molecule has 0 bridgehead atoms. The average molecular weight is 422 g/mol. The minimum absolute atomic E-state index is 0.0105. The molecule has 1 aromatic carbocycles. The van der Waals surface area contributed by atoms with Gasteiger partial charge in [0.25, 0.3) is 11.8 Å². The molecule has 31 heavy (non-hydrogen) atoms. The van der Waals surface area contributed by atoms with Gasteiger partial charge in [-0.1, -0.05) is 12.1 Å². The minimum atomic E-state index is -0.968. The number of rotatable bonds is 4. The van der Waals surface area contributed by atoms with Crippen molar-refractivity contribution in [2.24, 2.45) is 0 Å². The van der Waals surface area contributed by atoms with E-state index in [0.717, 1.165) is 0 Å². The molecule has 8 nitrogen and oxygen atoms in total. The van der Waals surface area contributed by atoms with E-state index in [1.165, 1.54) is 35.4 Å². The number of halogens is 1. The molecule has 4 rings (SSSR count). The number of hydrogen-bond acceptors (Lipinski definition) is 6. The summed E-state index contributed by atoms with van der Waals surface area (Å²) in [6, 6.07) is 11.2. The number of fused-ring (bicyclic) bond motifs is 1. The standard InChI is InChI=1S/C22H19FN4O4/c1-13-19(22(29)27(2)20-18(30-13)8-5-10-25-20)26-21(28)16-12-14(9-11-24-16)31-17-7-4-3-6-15(17)23/h3-13,19H,1-2H3,(H,26,28)/t13-,19+/m1/s1. The van der Waals surface area contributed by atoms with E-state index in [2.05, 4.69) is 15.3 Å². The van der Waals surface area contributed by atoms with Crippen LogP contribution in [-0.4, -0.2) is 41.0 Å². The van der Waals surface area contributed by atoms with Gasteiger partial charge in [0.05, 0.1) is 0 Å². The number of anilines is 1. The third-order valence-corrected chi connectivity index (χ3v) is 4.76. The van der Waals surface area contributed by atoms with Crippen LogP contribution in [-0.2, 0) is 4.79 Å². The zero-order valence-electron chi connectivity index (χ0n) is 16.8. The summed E-state index contributed by atoms with van der Waals surface area (Å²) in [7, 11) is 1.57. The highest BCUT2D eigenvalue weighted by Crippen LogP contribution is 2.30. The highest BCUT2D eigenvalue weighted by atomic mass is 19.1. The second-order valence-electron chi connectivity index (χ2n) is 6.91. The first-order valence-electron chi connectivity index (χ1n) is 9.52. The van der Waals surface area contributed by atoms with Gasteiger partial charge >= 0.3 is 0 Å². The van der Waals surface area contributed by atoms with E-state index >= 15 is 0 Å². The van der Waals surface area contributed by atoms with E-state index in [9.17, 15) is 14.0 Å². The number of hydrogen-bond donors (Lipinski definition) is 1. The third kappa shape index (κ3) is 4.16. The molecule has 2 aromatic heterocycles. The Bertz CT molecular complexity index is 1140. The number of nitrogens with one attached hydrogen (secondary N) is 1. The second kappa shape index (κ2) is 8.39. The van der Waals surface area contributed by atoms with Gasteiger partial charge in [-0.25, -0.2) is 9.37 Å². The van der Waals surface area contributed by atoms with Gasteiger partial charge in [-0.2, -0.15) is 0 Å². The molecule has 0 aliphatic carbocycles. The number of ether oxygens (including phenoxy) is 2. The molecule has 0 saturated heterocycles. The Labute approximate surface area is 177 Å². The van der Waals surface area contributed by atoms with Gasteiger partial charge in [0.2, 0.25) is 0 Å². The van der Waals surface area contributed by atoms with Crippen molar-refractivity contribution in [2.45, 2.75) is 19.1 Å². The van der Waals surface area contributed by atoms with Crippen LogP contribution in [0.4, 0.5) is 10.2 Å². The number of carbonyl (C=O) groups excluding carboxylic acids is 2. The molecule has 0 fully saturated rings. The van der Waals surface area contributed by atoms with Gasteiger partial charge in [-0.05, 0) is 37.3 Å². The van der Waals surface area contributed by atoms with Crippen LogP contribution in [0.25, 0.3) is 0 Å². The number of likely N-dealkylation sites (N-methyl/N-ethyl adjacent to an activating group) is 1. The maximum atomic E-state index is 13.8. The number of para-hydroxylation sites is 1. The fourth-order valence-corrected chi connectivity index (χ4v) is 3.16. The summed E-state index contributed by atoms with van der Waals surface area (Å²) in [6.07, 6.45) is 2.27. The molecule has 1 aliphatic heterocycles. The SMILES string of the molecule is C[C@H]1Oc2cccnc2N(C)C(=O)[C@H]1NC(=O)c1cc(Oc2ccccc2F)ccn1. The number of carbonyl (C=O) groups is 2. The number of amides is 2. The average Bonchev–Trinajstić information content (AvgIpc) is 2.86. The predicted molar refractivity (Wildman–Crippen MR) is 110 cm³/mol. The van der Waals surface area contributed by atoms with E-state index in [1.54, 1.807) is 44.4 Å². The smallest absolute Gasteiger partial charge is 0.270 e. The molecule has 2 atom stereocenters. The lowest BCUT2D eigenvalue weighted by Crippen LogP contribution is -2.53. The van der Waals surface area contributed by atoms with Crippen LogP contribution >= 0.6 is 0 Å². The van der Waals surface area contributed by atoms with Gasteiger partial charge in [0.15, 0.2) is 23.1 Å². The molecular formula is C22H19FN4O4. The van der Waals surface area contributed by atoms with Crippen molar-refractivity contribution >= 4 is 17.6 Å². The Morgan fingerprint density at radius 3 is 2.77 bits per heavy atom. The fraction of sp³-hybridized carbons (Fsp3) is 0.182. The Morgan fingerprint density at radius 1 is 1.16 bits per heavy atom. The van der Waals surface area contributed by atoms with E-state index in [4.69, 9.17) is 9.47 Å². The fourth-order valence-electron chi connectivity index (χ4n) is 3.16. The van der Waals surface area contributed by atoms with Gasteiger partial charge < -0.3 is 14.8 Å². The summed E-state index contributed by atoms with van der Waals surface area (Å²) >= 11 is 0. The van der Waals surface area contributed by atoms with Crippen molar-refractivity contribution in [1.82, 2.24) is 15.3 Å². The van der Waals surface area contributed by atoms with Crippen LogP contribution in [0.1, 0.15) is 17.4 Å². The lowest BCUT2D eigenvalue weighted by Gasteiger charge is -2.23. The van der Waals surface area contributed by atoms with E-state index in [1.807, 2.05) is 0 Å². The Hall–Kier alpha value is -4.01. The van der Waals surface area contributed by atoms with Crippen molar-refractivity contribution in [3.8, 4) is 17.2 Å². The van der Waals surface area contributed by atoms with Crippen molar-refractivity contribution in [3.05, 3.63) is 72.4 Å². The number of benzene rings is 1. The van der Waals surface area contributed by atoms with Crippen LogP contribution in [0, 0.1) is 5.82 Å². The normalized spacial score (nSPS) is 17.9. The van der Waals surface area contributed by atoms with Gasteiger partial charge in [-0.15, -0.1) is 0 Å². The second-order valence-corrected chi connectivity index (χ2v) is 6.91. The molecule has 0 spiro atoms. The topological polar surface area (TPSA) is 93.7 Å². The summed E-state index contributed by atoms with van der Waals surface area (Å²) in [4.78, 5) is 35.3. The summed E-state index contributed by atoms with van der Waals surface area (Å²) in [5, 5.41) is 2.67. The molecular weight excluding hydrogens is 403 g/mol. The molecule has 3 aromatic rings. The van der Waals surface area contributed by atoms with Crippen LogP contribution in [0.2, 0.25) is 0 Å². The quantitative estimate of drug-likeness (QED) is 0.695. The Morgan fingerprint density at radius 2 is 1.97 bits per heavy atom. The predicted octanol–water partition coefficient (Wildman–Crippen LogP) is 2.95. The number of pyridine rings is 2. The van der Waals surface area contributed by atoms with Crippen molar-refractivity contribution in [2.75, 3.05) is 11.9 Å². The van der Waals surface area contributed by atoms with Crippen molar-refractivity contribution < 1.29 is 23.5 Å². The molecule has 158 valence electrons. The molecule has 1 N–H and O–H groups in total. The number of nitrogens with zero attached hydrogens (tertiary/aromatic N) is 3. The first-order chi connectivity index (χ1) is 14.9. The zero-order chi connectivity index (χ0) is 22.0. The molecule has 0 saturated carbocycles. The van der Waals surface area contributed by atoms with Crippen molar-refractivity contribution in [1.29, 1.82) is 0 Å². The van der Waals surface area contributed by atoms with Gasteiger partial charge in [0.1, 0.15) is 23.6 Å². The summed E-state index contributed by atoms with van der Waals surface area (Å²) in [6.45, 7) is 1.68. The van der Waals surface area contributed by atoms with Crippen LogP contribution in [0.3, 0.4) is 0 Å². The van der Waals surface area contributed by atoms with Gasteiger partial charge in [0, 0.05) is 25.5 Å². The van der Waals surface area contributed by atoms with Gasteiger partial charge in [-0.3, -0.25) is 19.5 Å².